The Morgan fingerprint density at radius 1 is 0.870 bits per heavy atom. The number of hydrogen-bond acceptors (Lipinski definition) is 6. The van der Waals surface area contributed by atoms with Gasteiger partial charge in [0.05, 0.1) is 22.9 Å². The molecule has 0 amide bonds. The predicted molar refractivity (Wildman–Crippen MR) is 216 cm³/mol. The number of aliphatic hydroxyl groups is 2. The second-order valence-corrected chi connectivity index (χ2v) is 23.8. The summed E-state index contributed by atoms with van der Waals surface area (Å²) >= 11 is 0. The van der Waals surface area contributed by atoms with Gasteiger partial charge in [0.25, 0.3) is 0 Å². The maximum Gasteiger partial charge on any atom is 0.312 e. The van der Waals surface area contributed by atoms with Crippen molar-refractivity contribution in [3.05, 3.63) is 35.5 Å². The van der Waals surface area contributed by atoms with Crippen molar-refractivity contribution in [2.24, 2.45) is 56.7 Å². The van der Waals surface area contributed by atoms with E-state index >= 15 is 0 Å². The fourth-order valence-electron chi connectivity index (χ4n) is 15.5. The molecule has 0 aromatic heterocycles. The number of aliphatic hydroxyl groups excluding tert-OH is 1. The third-order valence-electron chi connectivity index (χ3n) is 18.9. The molecule has 7 rings (SSSR count). The average Bonchev–Trinajstić information content (AvgIpc) is 3.48. The van der Waals surface area contributed by atoms with Crippen molar-refractivity contribution >= 4 is 15.8 Å². The van der Waals surface area contributed by atoms with Crippen LogP contribution in [0.4, 0.5) is 0 Å². The summed E-state index contributed by atoms with van der Waals surface area (Å²) in [4.78, 5) is 12.1. The number of carbonyl (C=O) groups is 1. The van der Waals surface area contributed by atoms with E-state index in [4.69, 9.17) is 0 Å². The Hall–Kier alpha value is -1.48. The van der Waals surface area contributed by atoms with Crippen LogP contribution < -0.4 is 5.32 Å². The lowest BCUT2D eigenvalue weighted by Crippen LogP contribution is -2.68. The third kappa shape index (κ3) is 6.10. The van der Waals surface area contributed by atoms with E-state index in [2.05, 4.69) is 65.6 Å². The molecule has 0 spiro atoms. The van der Waals surface area contributed by atoms with Crippen LogP contribution in [0.25, 0.3) is 0 Å². The number of rotatable bonds is 9. The van der Waals surface area contributed by atoms with Gasteiger partial charge < -0.3 is 20.6 Å². The molecular formula is C46H73NO6S. The highest BCUT2D eigenvalue weighted by atomic mass is 32.2. The van der Waals surface area contributed by atoms with Gasteiger partial charge in [-0.1, -0.05) is 58.9 Å². The first-order valence-corrected chi connectivity index (χ1v) is 23.6. The van der Waals surface area contributed by atoms with Crippen molar-refractivity contribution < 1.29 is 28.5 Å². The molecule has 0 bridgehead atoms. The summed E-state index contributed by atoms with van der Waals surface area (Å²) in [5, 5.41) is 35.3. The van der Waals surface area contributed by atoms with E-state index in [9.17, 15) is 28.5 Å². The summed E-state index contributed by atoms with van der Waals surface area (Å²) in [7, 11) is -3.07. The number of fused-ring (bicyclic) bond motifs is 7. The first-order chi connectivity index (χ1) is 25.1. The molecule has 304 valence electrons. The molecule has 1 unspecified atom stereocenters. The zero-order valence-electron chi connectivity index (χ0n) is 34.7. The number of carboxylic acid groups (broad SMARTS) is 1. The molecule has 7 aliphatic carbocycles. The number of allylic oxidation sites excluding steroid dienone is 5. The van der Waals surface area contributed by atoms with Gasteiger partial charge in [-0.15, -0.1) is 0 Å². The Morgan fingerprint density at radius 2 is 1.57 bits per heavy atom. The topological polar surface area (TPSA) is 124 Å². The summed E-state index contributed by atoms with van der Waals surface area (Å²) in [6.07, 6.45) is 21.4. The Kier molecular flexibility index (Phi) is 10.2. The number of sulfone groups is 1. The summed E-state index contributed by atoms with van der Waals surface area (Å²) < 4.78 is 24.4. The lowest BCUT2D eigenvalue weighted by Gasteiger charge is -2.72. The third-order valence-corrected chi connectivity index (χ3v) is 20.6. The van der Waals surface area contributed by atoms with Crippen LogP contribution in [0.15, 0.2) is 35.5 Å². The minimum Gasteiger partial charge on any atom is -0.481 e. The van der Waals surface area contributed by atoms with Crippen molar-refractivity contribution in [1.82, 2.24) is 5.32 Å². The molecule has 0 aromatic carbocycles. The highest BCUT2D eigenvalue weighted by Crippen LogP contribution is 2.76. The van der Waals surface area contributed by atoms with E-state index < -0.39 is 26.8 Å². The fraction of sp³-hybridized carbons (Fsp3) is 0.848. The molecule has 0 heterocycles. The van der Waals surface area contributed by atoms with Crippen LogP contribution in [0.1, 0.15) is 151 Å². The van der Waals surface area contributed by atoms with Gasteiger partial charge in [0.1, 0.15) is 9.84 Å². The van der Waals surface area contributed by atoms with Crippen molar-refractivity contribution in [2.75, 3.05) is 19.4 Å². The minimum absolute atomic E-state index is 0.00337. The summed E-state index contributed by atoms with van der Waals surface area (Å²) in [5.41, 5.74) is 2.96. The van der Waals surface area contributed by atoms with Crippen LogP contribution in [-0.2, 0) is 14.6 Å². The normalized spacial score (nSPS) is 47.3. The van der Waals surface area contributed by atoms with Crippen molar-refractivity contribution in [3.63, 3.8) is 0 Å². The second-order valence-electron chi connectivity index (χ2n) is 21.5. The molecule has 0 aliphatic heterocycles. The molecule has 7 aliphatic rings. The number of aliphatic carboxylic acids is 1. The SMILES string of the molecule is C=C(C)C1CC[C@]2(NCC[C@]3(O)CC[C@@H](S(C)(=O)=O)CC3)CC[C@]3(C)[C@H](CC[C@@H]4[C@@]5(C)CC=C(C6=CC[C@@](CO)(C(=O)O)CC6)C(C)(C)[C@@H]5CC[C@]43C)[C@@H]12. The summed E-state index contributed by atoms with van der Waals surface area (Å²) in [6, 6.07) is 0. The molecule has 8 heteroatoms. The Labute approximate surface area is 327 Å². The summed E-state index contributed by atoms with van der Waals surface area (Å²) in [6.45, 7) is 20.3. The van der Waals surface area contributed by atoms with Gasteiger partial charge in [0.15, 0.2) is 0 Å². The molecule has 4 N–H and O–H groups in total. The first-order valence-electron chi connectivity index (χ1n) is 21.7. The maximum absolute atomic E-state index is 12.2. The van der Waals surface area contributed by atoms with Crippen molar-refractivity contribution in [1.29, 1.82) is 0 Å². The Bertz CT molecular complexity index is 1690. The van der Waals surface area contributed by atoms with Crippen LogP contribution in [-0.4, -0.2) is 65.5 Å². The Morgan fingerprint density at radius 3 is 2.17 bits per heavy atom. The highest BCUT2D eigenvalue weighted by Gasteiger charge is 2.70. The minimum atomic E-state index is -3.07. The van der Waals surface area contributed by atoms with E-state index in [1.54, 1.807) is 0 Å². The van der Waals surface area contributed by atoms with Gasteiger partial charge in [0, 0.05) is 11.8 Å². The van der Waals surface area contributed by atoms with Crippen LogP contribution in [0.2, 0.25) is 0 Å². The number of hydrogen-bond donors (Lipinski definition) is 4. The van der Waals surface area contributed by atoms with Crippen LogP contribution in [0.5, 0.6) is 0 Å². The molecule has 54 heavy (non-hydrogen) atoms. The zero-order valence-corrected chi connectivity index (χ0v) is 35.6. The van der Waals surface area contributed by atoms with E-state index in [1.165, 1.54) is 74.3 Å². The quantitative estimate of drug-likeness (QED) is 0.173. The number of nitrogens with one attached hydrogen (secondary N) is 1. The van der Waals surface area contributed by atoms with Crippen LogP contribution in [0, 0.1) is 56.7 Å². The first kappa shape index (κ1) is 40.7. The standard InChI is InChI=1S/C46H73NO6S/c1-30(2)33-15-24-46(47-28-27-45(51)22-13-32(14-23-45)54(8,52)53)26-25-42(6)35(38(33)46)9-10-37-41(5)18-16-34(40(3,4)36(41)17-19-43(37,42)7)31-11-20-44(29-48,21-12-31)39(49)50/h11,16,32-33,35-38,47-48,51H,1,9-10,12-15,17-29H2,2-8H3,(H,49,50)/t32-,33?,35-,36+,37-,38-,41+,42-,43-,44-,45+,46+/m1/s1. The van der Waals surface area contributed by atoms with E-state index in [1.807, 2.05) is 0 Å². The molecule has 0 saturated heterocycles. The van der Waals surface area contributed by atoms with E-state index in [-0.39, 0.29) is 39.1 Å². The average molecular weight is 768 g/mol. The zero-order chi connectivity index (χ0) is 39.3. The molecular weight excluding hydrogens is 695 g/mol. The van der Waals surface area contributed by atoms with Gasteiger partial charge in [0.2, 0.25) is 0 Å². The van der Waals surface area contributed by atoms with Gasteiger partial charge in [-0.25, -0.2) is 8.42 Å². The number of carboxylic acids is 1. The van der Waals surface area contributed by atoms with Crippen LogP contribution in [0.3, 0.4) is 0 Å². The lowest BCUT2D eigenvalue weighted by molar-refractivity contribution is -0.221. The summed E-state index contributed by atoms with van der Waals surface area (Å²) in [5.74, 6) is 1.98. The van der Waals surface area contributed by atoms with Crippen molar-refractivity contribution in [3.8, 4) is 0 Å². The van der Waals surface area contributed by atoms with Gasteiger partial charge in [-0.05, 0) is 185 Å². The highest BCUT2D eigenvalue weighted by molar-refractivity contribution is 7.91. The van der Waals surface area contributed by atoms with Gasteiger partial charge in [-0.3, -0.25) is 4.79 Å². The second kappa shape index (κ2) is 13.5. The monoisotopic (exact) mass is 768 g/mol. The van der Waals surface area contributed by atoms with Gasteiger partial charge in [-0.2, -0.15) is 0 Å². The largest absolute Gasteiger partial charge is 0.481 e. The Balaban J connectivity index is 1.12. The molecule has 5 fully saturated rings. The molecule has 5 saturated carbocycles. The smallest absolute Gasteiger partial charge is 0.312 e. The van der Waals surface area contributed by atoms with Gasteiger partial charge >= 0.3 is 5.97 Å². The van der Waals surface area contributed by atoms with E-state index in [0.717, 1.165) is 19.4 Å². The van der Waals surface area contributed by atoms with Crippen molar-refractivity contribution in [2.45, 2.75) is 167 Å². The molecule has 0 aromatic rings. The van der Waals surface area contributed by atoms with Crippen LogP contribution >= 0.6 is 0 Å². The van der Waals surface area contributed by atoms with E-state index in [0.29, 0.717) is 74.5 Å². The molecule has 0 radical (unpaired) electrons. The fourth-order valence-corrected chi connectivity index (χ4v) is 16.6. The molecule has 10 atom stereocenters. The maximum atomic E-state index is 12.2. The predicted octanol–water partition coefficient (Wildman–Crippen LogP) is 8.80. The lowest BCUT2D eigenvalue weighted by atomic mass is 9.33. The molecule has 7 nitrogen and oxygen atoms in total.